The molecule has 0 aromatic heterocycles. The molecule has 1 rings (SSSR count). The van der Waals surface area contributed by atoms with Crippen molar-refractivity contribution in [3.05, 3.63) is 17.9 Å². The van der Waals surface area contributed by atoms with E-state index in [1.165, 1.54) is 26.0 Å². The Morgan fingerprint density at radius 3 is 2.72 bits per heavy atom. The van der Waals surface area contributed by atoms with E-state index in [4.69, 9.17) is 10.5 Å². The zero-order chi connectivity index (χ0) is 13.5. The highest BCUT2D eigenvalue weighted by Crippen LogP contribution is 2.28. The van der Waals surface area contributed by atoms with E-state index in [1.54, 1.807) is 6.07 Å². The lowest BCUT2D eigenvalue weighted by molar-refractivity contribution is 0.416. The second kappa shape index (κ2) is 7.09. The predicted molar refractivity (Wildman–Crippen MR) is 74.6 cm³/mol. The smallest absolute Gasteiger partial charge is 0.148 e. The summed E-state index contributed by atoms with van der Waals surface area (Å²) in [5.74, 6) is 0.162. The van der Waals surface area contributed by atoms with E-state index in [9.17, 15) is 4.39 Å². The Balaban J connectivity index is 2.65. The minimum absolute atomic E-state index is 0.236. The van der Waals surface area contributed by atoms with Crippen molar-refractivity contribution in [1.82, 2.24) is 0 Å². The molecular formula is C14H23FN2O. The Morgan fingerprint density at radius 1 is 1.39 bits per heavy atom. The van der Waals surface area contributed by atoms with Gasteiger partial charge < -0.3 is 15.8 Å². The molecule has 0 saturated carbocycles. The van der Waals surface area contributed by atoms with Crippen LogP contribution in [0.25, 0.3) is 0 Å². The standard InChI is InChI=1S/C14H23FN2O/c1-4-5-6-7-10(2)17-13-9-14(18-3)12(16)8-11(13)15/h8-10,17H,4-7,16H2,1-3H3. The third kappa shape index (κ3) is 4.09. The number of benzene rings is 1. The van der Waals surface area contributed by atoms with Crippen LogP contribution in [0.4, 0.5) is 15.8 Å². The lowest BCUT2D eigenvalue weighted by atomic mass is 10.1. The third-order valence-electron chi connectivity index (χ3n) is 2.96. The number of methoxy groups -OCH3 is 1. The van der Waals surface area contributed by atoms with Gasteiger partial charge in [-0.1, -0.05) is 26.2 Å². The molecule has 0 aliphatic carbocycles. The minimum Gasteiger partial charge on any atom is -0.495 e. The largest absolute Gasteiger partial charge is 0.495 e. The molecule has 1 aromatic carbocycles. The fourth-order valence-electron chi connectivity index (χ4n) is 1.89. The van der Waals surface area contributed by atoms with Gasteiger partial charge in [0.1, 0.15) is 11.6 Å². The number of anilines is 2. The van der Waals surface area contributed by atoms with E-state index in [0.717, 1.165) is 12.8 Å². The molecule has 0 spiro atoms. The zero-order valence-electron chi connectivity index (χ0n) is 11.4. The molecule has 0 amide bonds. The fourth-order valence-corrected chi connectivity index (χ4v) is 1.89. The second-order valence-electron chi connectivity index (χ2n) is 4.62. The molecule has 4 heteroatoms. The van der Waals surface area contributed by atoms with Gasteiger partial charge in [0, 0.05) is 18.2 Å². The zero-order valence-corrected chi connectivity index (χ0v) is 11.4. The summed E-state index contributed by atoms with van der Waals surface area (Å²) in [6.45, 7) is 4.22. The molecule has 1 atom stereocenters. The molecule has 0 saturated heterocycles. The number of hydrogen-bond acceptors (Lipinski definition) is 3. The van der Waals surface area contributed by atoms with E-state index in [2.05, 4.69) is 19.2 Å². The van der Waals surface area contributed by atoms with Crippen molar-refractivity contribution in [3.63, 3.8) is 0 Å². The number of hydrogen-bond donors (Lipinski definition) is 2. The molecule has 102 valence electrons. The van der Waals surface area contributed by atoms with Gasteiger partial charge in [0.15, 0.2) is 0 Å². The van der Waals surface area contributed by atoms with Gasteiger partial charge in [-0.05, 0) is 13.3 Å². The van der Waals surface area contributed by atoms with Crippen LogP contribution in [0.2, 0.25) is 0 Å². The SMILES string of the molecule is CCCCCC(C)Nc1cc(OC)c(N)cc1F. The molecule has 0 fully saturated rings. The first kappa shape index (κ1) is 14.6. The summed E-state index contributed by atoms with van der Waals surface area (Å²) in [5.41, 5.74) is 6.40. The Labute approximate surface area is 109 Å². The van der Waals surface area contributed by atoms with Gasteiger partial charge in [-0.2, -0.15) is 0 Å². The Kier molecular flexibility index (Phi) is 5.75. The number of halogens is 1. The summed E-state index contributed by atoms with van der Waals surface area (Å²) in [7, 11) is 1.53. The summed E-state index contributed by atoms with van der Waals surface area (Å²) in [5, 5.41) is 3.16. The van der Waals surface area contributed by atoms with Crippen LogP contribution in [0.1, 0.15) is 39.5 Å². The van der Waals surface area contributed by atoms with Crippen LogP contribution in [0, 0.1) is 5.82 Å². The van der Waals surface area contributed by atoms with Gasteiger partial charge in [-0.15, -0.1) is 0 Å². The Bertz CT molecular complexity index is 382. The van der Waals surface area contributed by atoms with Crippen LogP contribution in [-0.4, -0.2) is 13.2 Å². The van der Waals surface area contributed by atoms with Crippen molar-refractivity contribution < 1.29 is 9.13 Å². The van der Waals surface area contributed by atoms with Crippen molar-refractivity contribution in [2.75, 3.05) is 18.2 Å². The van der Waals surface area contributed by atoms with Crippen LogP contribution in [0.15, 0.2) is 12.1 Å². The molecule has 18 heavy (non-hydrogen) atoms. The van der Waals surface area contributed by atoms with Gasteiger partial charge in [0.2, 0.25) is 0 Å². The van der Waals surface area contributed by atoms with Gasteiger partial charge in [0.25, 0.3) is 0 Å². The van der Waals surface area contributed by atoms with Crippen LogP contribution in [-0.2, 0) is 0 Å². The lowest BCUT2D eigenvalue weighted by Gasteiger charge is -2.17. The van der Waals surface area contributed by atoms with Gasteiger partial charge in [-0.25, -0.2) is 4.39 Å². The minimum atomic E-state index is -0.337. The van der Waals surface area contributed by atoms with Crippen LogP contribution >= 0.6 is 0 Å². The highest BCUT2D eigenvalue weighted by Gasteiger charge is 2.10. The van der Waals surface area contributed by atoms with Gasteiger partial charge in [0.05, 0.1) is 18.5 Å². The topological polar surface area (TPSA) is 47.3 Å². The first-order valence-electron chi connectivity index (χ1n) is 6.48. The molecule has 0 aliphatic rings. The predicted octanol–water partition coefficient (Wildman–Crippen LogP) is 3.80. The number of nitrogens with one attached hydrogen (secondary N) is 1. The molecule has 1 aromatic rings. The summed E-state index contributed by atoms with van der Waals surface area (Å²) >= 11 is 0. The van der Waals surface area contributed by atoms with E-state index in [1.807, 2.05) is 0 Å². The van der Waals surface area contributed by atoms with Crippen molar-refractivity contribution in [2.45, 2.75) is 45.6 Å². The van der Waals surface area contributed by atoms with E-state index in [0.29, 0.717) is 17.1 Å². The van der Waals surface area contributed by atoms with Crippen molar-refractivity contribution in [3.8, 4) is 5.75 Å². The molecule has 3 nitrogen and oxygen atoms in total. The van der Waals surface area contributed by atoms with Crippen LogP contribution in [0.5, 0.6) is 5.75 Å². The maximum atomic E-state index is 13.7. The van der Waals surface area contributed by atoms with Crippen LogP contribution in [0.3, 0.4) is 0 Å². The van der Waals surface area contributed by atoms with Crippen molar-refractivity contribution in [2.24, 2.45) is 0 Å². The van der Waals surface area contributed by atoms with Gasteiger partial charge in [-0.3, -0.25) is 0 Å². The Morgan fingerprint density at radius 2 is 2.11 bits per heavy atom. The quantitative estimate of drug-likeness (QED) is 0.574. The number of ether oxygens (including phenoxy) is 1. The van der Waals surface area contributed by atoms with Crippen molar-refractivity contribution >= 4 is 11.4 Å². The molecular weight excluding hydrogens is 231 g/mol. The molecule has 1 unspecified atom stereocenters. The van der Waals surface area contributed by atoms with Crippen LogP contribution < -0.4 is 15.8 Å². The number of nitrogens with two attached hydrogens (primary N) is 1. The normalized spacial score (nSPS) is 12.2. The van der Waals surface area contributed by atoms with E-state index < -0.39 is 0 Å². The summed E-state index contributed by atoms with van der Waals surface area (Å²) < 4.78 is 18.8. The van der Waals surface area contributed by atoms with Crippen molar-refractivity contribution in [1.29, 1.82) is 0 Å². The lowest BCUT2D eigenvalue weighted by Crippen LogP contribution is -2.16. The summed E-state index contributed by atoms with van der Waals surface area (Å²) in [6.07, 6.45) is 4.58. The van der Waals surface area contributed by atoms with Gasteiger partial charge >= 0.3 is 0 Å². The summed E-state index contributed by atoms with van der Waals surface area (Å²) in [4.78, 5) is 0. The highest BCUT2D eigenvalue weighted by atomic mass is 19.1. The first-order chi connectivity index (χ1) is 8.58. The highest BCUT2D eigenvalue weighted by molar-refractivity contribution is 5.62. The average Bonchev–Trinajstić information content (AvgIpc) is 2.33. The Hall–Kier alpha value is -1.45. The second-order valence-corrected chi connectivity index (χ2v) is 4.62. The third-order valence-corrected chi connectivity index (χ3v) is 2.96. The number of unbranched alkanes of at least 4 members (excludes halogenated alkanes) is 2. The molecule has 0 radical (unpaired) electrons. The number of nitrogen functional groups attached to an aromatic ring is 1. The van der Waals surface area contributed by atoms with E-state index >= 15 is 0 Å². The average molecular weight is 254 g/mol. The fraction of sp³-hybridized carbons (Fsp3) is 0.571. The maximum Gasteiger partial charge on any atom is 0.148 e. The molecule has 0 heterocycles. The first-order valence-corrected chi connectivity index (χ1v) is 6.48. The van der Waals surface area contributed by atoms with E-state index in [-0.39, 0.29) is 11.9 Å². The monoisotopic (exact) mass is 254 g/mol. The summed E-state index contributed by atoms with van der Waals surface area (Å²) in [6, 6.07) is 3.14. The number of rotatable bonds is 7. The molecule has 0 bridgehead atoms. The maximum absolute atomic E-state index is 13.7. The molecule has 0 aliphatic heterocycles. The molecule has 3 N–H and O–H groups in total.